The van der Waals surface area contributed by atoms with Crippen LogP contribution in [0.25, 0.3) is 0 Å². The number of amides is 2. The lowest BCUT2D eigenvalue weighted by Crippen LogP contribution is -2.34. The molecule has 0 aliphatic heterocycles. The summed E-state index contributed by atoms with van der Waals surface area (Å²) in [5.74, 6) is -0.692. The topological polar surface area (TPSA) is 83.8 Å². The SMILES string of the molecule is CCCN(C)C(=O)/C(=C(/C)N(C)C=O)[N+](=O)[O-]. The van der Waals surface area contributed by atoms with Gasteiger partial charge in [0, 0.05) is 20.6 Å². The van der Waals surface area contributed by atoms with Gasteiger partial charge >= 0.3 is 11.6 Å². The molecule has 0 aromatic rings. The highest BCUT2D eigenvalue weighted by molar-refractivity contribution is 5.91. The van der Waals surface area contributed by atoms with Crippen LogP contribution in [0.1, 0.15) is 20.3 Å². The van der Waals surface area contributed by atoms with Crippen molar-refractivity contribution < 1.29 is 14.5 Å². The van der Waals surface area contributed by atoms with E-state index in [2.05, 4.69) is 0 Å². The Bertz CT molecular complexity index is 351. The lowest BCUT2D eigenvalue weighted by atomic mass is 10.3. The summed E-state index contributed by atoms with van der Waals surface area (Å²) in [6.45, 7) is 3.65. The Balaban J connectivity index is 5.31. The quantitative estimate of drug-likeness (QED) is 0.293. The van der Waals surface area contributed by atoms with Crippen molar-refractivity contribution >= 4 is 12.3 Å². The summed E-state index contributed by atoms with van der Waals surface area (Å²) in [7, 11) is 2.85. The summed E-state index contributed by atoms with van der Waals surface area (Å²) >= 11 is 0. The van der Waals surface area contributed by atoms with Gasteiger partial charge in [-0.1, -0.05) is 6.92 Å². The number of carbonyl (C=O) groups excluding carboxylic acids is 2. The second-order valence-electron chi connectivity index (χ2n) is 3.63. The molecule has 0 heterocycles. The number of hydrogen-bond donors (Lipinski definition) is 0. The Hall–Kier alpha value is -1.92. The minimum atomic E-state index is -0.760. The van der Waals surface area contributed by atoms with Crippen LogP contribution < -0.4 is 0 Å². The van der Waals surface area contributed by atoms with Gasteiger partial charge in [-0.05, 0) is 13.3 Å². The van der Waals surface area contributed by atoms with E-state index < -0.39 is 16.5 Å². The van der Waals surface area contributed by atoms with E-state index in [1.807, 2.05) is 6.92 Å². The molecule has 0 spiro atoms. The van der Waals surface area contributed by atoms with Crippen molar-refractivity contribution in [1.29, 1.82) is 0 Å². The van der Waals surface area contributed by atoms with Gasteiger partial charge in [0.2, 0.25) is 6.41 Å². The van der Waals surface area contributed by atoms with Crippen LogP contribution in [0.4, 0.5) is 0 Å². The molecule has 7 heteroatoms. The van der Waals surface area contributed by atoms with E-state index in [0.717, 1.165) is 4.90 Å². The van der Waals surface area contributed by atoms with E-state index in [4.69, 9.17) is 0 Å². The zero-order chi connectivity index (χ0) is 13.6. The number of nitro groups is 1. The first-order valence-corrected chi connectivity index (χ1v) is 5.15. The van der Waals surface area contributed by atoms with E-state index in [1.54, 1.807) is 0 Å². The molecule has 0 aromatic carbocycles. The van der Waals surface area contributed by atoms with Crippen LogP contribution in [0.5, 0.6) is 0 Å². The van der Waals surface area contributed by atoms with Crippen molar-refractivity contribution in [3.05, 3.63) is 21.5 Å². The van der Waals surface area contributed by atoms with Gasteiger partial charge in [-0.15, -0.1) is 0 Å². The van der Waals surface area contributed by atoms with Crippen molar-refractivity contribution in [3.8, 4) is 0 Å². The molecule has 0 bridgehead atoms. The van der Waals surface area contributed by atoms with E-state index >= 15 is 0 Å². The number of nitrogens with zero attached hydrogens (tertiary/aromatic N) is 3. The zero-order valence-corrected chi connectivity index (χ0v) is 10.5. The lowest BCUT2D eigenvalue weighted by Gasteiger charge is -2.17. The predicted molar refractivity (Wildman–Crippen MR) is 61.4 cm³/mol. The molecule has 96 valence electrons. The Morgan fingerprint density at radius 1 is 1.41 bits per heavy atom. The van der Waals surface area contributed by atoms with Crippen LogP contribution in [-0.4, -0.2) is 47.7 Å². The summed E-state index contributed by atoms with van der Waals surface area (Å²) in [5, 5.41) is 10.9. The predicted octanol–water partition coefficient (Wildman–Crippen LogP) is 0.451. The first kappa shape index (κ1) is 15.1. The third-order valence-corrected chi connectivity index (χ3v) is 2.32. The molecular weight excluding hydrogens is 226 g/mol. The molecule has 0 N–H and O–H groups in total. The van der Waals surface area contributed by atoms with Gasteiger partial charge < -0.3 is 9.80 Å². The Labute approximate surface area is 99.8 Å². The fraction of sp³-hybridized carbons (Fsp3) is 0.600. The molecule has 0 atom stereocenters. The van der Waals surface area contributed by atoms with Crippen molar-refractivity contribution in [2.75, 3.05) is 20.6 Å². The third-order valence-electron chi connectivity index (χ3n) is 2.32. The average Bonchev–Trinajstić information content (AvgIpc) is 2.27. The fourth-order valence-electron chi connectivity index (χ4n) is 1.23. The van der Waals surface area contributed by atoms with Gasteiger partial charge in [0.15, 0.2) is 0 Å². The molecule has 17 heavy (non-hydrogen) atoms. The van der Waals surface area contributed by atoms with Gasteiger partial charge in [0.1, 0.15) is 5.70 Å². The van der Waals surface area contributed by atoms with Gasteiger partial charge in [0.05, 0.1) is 4.92 Å². The Kier molecular flexibility index (Phi) is 5.87. The van der Waals surface area contributed by atoms with Gasteiger partial charge in [-0.25, -0.2) is 0 Å². The average molecular weight is 243 g/mol. The number of likely N-dealkylation sites (N-methyl/N-ethyl adjacent to an activating group) is 1. The van der Waals surface area contributed by atoms with Gasteiger partial charge in [-0.3, -0.25) is 19.7 Å². The van der Waals surface area contributed by atoms with Crippen molar-refractivity contribution in [1.82, 2.24) is 9.80 Å². The maximum Gasteiger partial charge on any atom is 0.352 e. The molecule has 0 unspecified atom stereocenters. The molecule has 0 fully saturated rings. The standard InChI is InChI=1S/C10H17N3O4/c1-5-6-11(3)10(15)9(13(16)17)8(2)12(4)7-14/h7H,5-6H2,1-4H3/b9-8+. The summed E-state index contributed by atoms with van der Waals surface area (Å²) < 4.78 is 0. The van der Waals surface area contributed by atoms with Crippen LogP contribution in [-0.2, 0) is 9.59 Å². The summed E-state index contributed by atoms with van der Waals surface area (Å²) in [6, 6.07) is 0. The summed E-state index contributed by atoms with van der Waals surface area (Å²) in [6.07, 6.45) is 1.13. The minimum absolute atomic E-state index is 0.0259. The molecular formula is C10H17N3O4. The molecule has 0 saturated heterocycles. The summed E-state index contributed by atoms with van der Waals surface area (Å²) in [4.78, 5) is 34.7. The molecule has 7 nitrogen and oxygen atoms in total. The third kappa shape index (κ3) is 3.86. The molecule has 0 rings (SSSR count). The highest BCUT2D eigenvalue weighted by atomic mass is 16.6. The fourth-order valence-corrected chi connectivity index (χ4v) is 1.23. The lowest BCUT2D eigenvalue weighted by molar-refractivity contribution is -0.422. The van der Waals surface area contributed by atoms with E-state index in [-0.39, 0.29) is 5.70 Å². The highest BCUT2D eigenvalue weighted by Crippen LogP contribution is 2.11. The number of rotatable bonds is 6. The second kappa shape index (κ2) is 6.62. The molecule has 0 aliphatic rings. The second-order valence-corrected chi connectivity index (χ2v) is 3.63. The molecule has 0 aliphatic carbocycles. The number of carbonyl (C=O) groups is 2. The molecule has 0 radical (unpaired) electrons. The van der Waals surface area contributed by atoms with E-state index in [9.17, 15) is 19.7 Å². The largest absolute Gasteiger partial charge is 0.352 e. The van der Waals surface area contributed by atoms with Gasteiger partial charge in [-0.2, -0.15) is 0 Å². The van der Waals surface area contributed by atoms with Crippen LogP contribution in [0.2, 0.25) is 0 Å². The van der Waals surface area contributed by atoms with Crippen molar-refractivity contribution in [2.45, 2.75) is 20.3 Å². The molecule has 0 aromatic heterocycles. The van der Waals surface area contributed by atoms with Crippen LogP contribution in [0.3, 0.4) is 0 Å². The maximum absolute atomic E-state index is 11.8. The smallest absolute Gasteiger partial charge is 0.336 e. The molecule has 0 saturated carbocycles. The first-order chi connectivity index (χ1) is 7.86. The number of hydrogen-bond acceptors (Lipinski definition) is 4. The minimum Gasteiger partial charge on any atom is -0.336 e. The Morgan fingerprint density at radius 3 is 2.29 bits per heavy atom. The summed E-state index contributed by atoms with van der Waals surface area (Å²) in [5.41, 5.74) is -0.548. The first-order valence-electron chi connectivity index (χ1n) is 5.15. The van der Waals surface area contributed by atoms with Crippen molar-refractivity contribution in [2.24, 2.45) is 0 Å². The van der Waals surface area contributed by atoms with Crippen LogP contribution >= 0.6 is 0 Å². The van der Waals surface area contributed by atoms with Crippen molar-refractivity contribution in [3.63, 3.8) is 0 Å². The monoisotopic (exact) mass is 243 g/mol. The van der Waals surface area contributed by atoms with Crippen LogP contribution in [0, 0.1) is 10.1 Å². The van der Waals surface area contributed by atoms with E-state index in [1.165, 1.54) is 25.9 Å². The van der Waals surface area contributed by atoms with Crippen LogP contribution in [0.15, 0.2) is 11.4 Å². The number of allylic oxidation sites excluding steroid dienone is 1. The Morgan fingerprint density at radius 2 is 1.94 bits per heavy atom. The normalized spacial score (nSPS) is 11.5. The van der Waals surface area contributed by atoms with Gasteiger partial charge in [0.25, 0.3) is 0 Å². The zero-order valence-electron chi connectivity index (χ0n) is 10.5. The highest BCUT2D eigenvalue weighted by Gasteiger charge is 2.29. The maximum atomic E-state index is 11.8. The van der Waals surface area contributed by atoms with E-state index in [0.29, 0.717) is 19.4 Å². The molecule has 2 amide bonds.